The Morgan fingerprint density at radius 1 is 1.14 bits per heavy atom. The largest absolute Gasteiger partial charge is 0.377 e. The van der Waals surface area contributed by atoms with Crippen molar-refractivity contribution in [3.05, 3.63) is 57.8 Å². The number of fused-ring (bicyclic) bond motifs is 3. The Hall–Kier alpha value is -1.63. The van der Waals surface area contributed by atoms with E-state index < -0.39 is 10.0 Å². The Morgan fingerprint density at radius 3 is 2.66 bits per heavy atom. The topological polar surface area (TPSA) is 49.4 Å². The summed E-state index contributed by atoms with van der Waals surface area (Å²) in [4.78, 5) is 3.13. The third-order valence-electron chi connectivity index (χ3n) is 6.78. The van der Waals surface area contributed by atoms with Crippen molar-refractivity contribution in [3.8, 4) is 0 Å². The molecule has 0 spiro atoms. The van der Waals surface area contributed by atoms with Crippen LogP contribution in [0.25, 0.3) is 0 Å². The van der Waals surface area contributed by atoms with Crippen LogP contribution in [0.5, 0.6) is 0 Å². The van der Waals surface area contributed by atoms with Gasteiger partial charge in [-0.3, -0.25) is 0 Å². The van der Waals surface area contributed by atoms with Gasteiger partial charge in [0.2, 0.25) is 10.0 Å². The minimum absolute atomic E-state index is 0.273. The molecule has 29 heavy (non-hydrogen) atoms. The van der Waals surface area contributed by atoms with Crippen molar-refractivity contribution in [1.29, 1.82) is 0 Å². The zero-order valence-electron chi connectivity index (χ0n) is 17.0. The molecular formula is C23H28N2O2S2. The average molecular weight is 429 g/mol. The number of rotatable bonds is 3. The van der Waals surface area contributed by atoms with Crippen LogP contribution in [0.3, 0.4) is 0 Å². The van der Waals surface area contributed by atoms with Gasteiger partial charge in [-0.05, 0) is 73.9 Å². The average Bonchev–Trinajstić information content (AvgIpc) is 3.36. The van der Waals surface area contributed by atoms with Gasteiger partial charge in [0, 0.05) is 34.4 Å². The first-order valence-electron chi connectivity index (χ1n) is 10.6. The maximum Gasteiger partial charge on any atom is 0.243 e. The minimum atomic E-state index is -3.43. The molecular weight excluding hydrogens is 400 g/mol. The van der Waals surface area contributed by atoms with E-state index >= 15 is 0 Å². The Bertz CT molecular complexity index is 1050. The molecule has 1 fully saturated rings. The molecule has 5 rings (SSSR count). The second-order valence-corrected chi connectivity index (χ2v) is 12.0. The molecule has 3 unspecified atom stereocenters. The third-order valence-corrected chi connectivity index (χ3v) is 9.76. The minimum Gasteiger partial charge on any atom is -0.377 e. The predicted molar refractivity (Wildman–Crippen MR) is 119 cm³/mol. The van der Waals surface area contributed by atoms with Crippen LogP contribution in [0.1, 0.15) is 53.5 Å². The SMILES string of the molecule is Cc1ccc(C2Nc3ccc(S(=O)(=O)N4CCC(C)CC4)cc3C3C=CCC32)s1. The third kappa shape index (κ3) is 3.35. The van der Waals surface area contributed by atoms with Crippen LogP contribution < -0.4 is 5.32 Å². The van der Waals surface area contributed by atoms with E-state index in [1.54, 1.807) is 10.4 Å². The first-order chi connectivity index (χ1) is 13.9. The predicted octanol–water partition coefficient (Wildman–Crippen LogP) is 5.30. The van der Waals surface area contributed by atoms with Crippen LogP contribution in [-0.4, -0.2) is 25.8 Å². The molecule has 0 radical (unpaired) electrons. The number of benzene rings is 1. The van der Waals surface area contributed by atoms with Crippen molar-refractivity contribution >= 4 is 27.0 Å². The zero-order valence-corrected chi connectivity index (χ0v) is 18.6. The van der Waals surface area contributed by atoms with Gasteiger partial charge in [-0.15, -0.1) is 11.3 Å². The monoisotopic (exact) mass is 428 g/mol. The van der Waals surface area contributed by atoms with Gasteiger partial charge in [-0.2, -0.15) is 4.31 Å². The summed E-state index contributed by atoms with van der Waals surface area (Å²) in [7, 11) is -3.43. The van der Waals surface area contributed by atoms with Crippen LogP contribution in [0, 0.1) is 18.8 Å². The molecule has 3 aliphatic rings. The van der Waals surface area contributed by atoms with Gasteiger partial charge in [0.15, 0.2) is 0 Å². The van der Waals surface area contributed by atoms with Gasteiger partial charge < -0.3 is 5.32 Å². The second-order valence-electron chi connectivity index (χ2n) is 8.76. The van der Waals surface area contributed by atoms with E-state index in [0.717, 1.165) is 30.5 Å². The first-order valence-corrected chi connectivity index (χ1v) is 12.8. The maximum atomic E-state index is 13.2. The molecule has 3 heterocycles. The van der Waals surface area contributed by atoms with Gasteiger partial charge in [0.1, 0.15) is 0 Å². The van der Waals surface area contributed by atoms with Gasteiger partial charge >= 0.3 is 0 Å². The van der Waals surface area contributed by atoms with Crippen LogP contribution in [0.15, 0.2) is 47.4 Å². The summed E-state index contributed by atoms with van der Waals surface area (Å²) in [6.07, 6.45) is 7.45. The standard InChI is InChI=1S/C23H28N2O2S2/c1-15-10-12-25(13-11-15)29(26,27)17-7-8-21-20(14-17)18-4-3-5-19(18)23(24-21)22-9-6-16(2)28-22/h3-4,6-9,14-15,18-19,23-24H,5,10-13H2,1-2H3. The van der Waals surface area contributed by atoms with Gasteiger partial charge in [-0.25, -0.2) is 8.42 Å². The quantitative estimate of drug-likeness (QED) is 0.675. The number of sulfonamides is 1. The normalized spacial score (nSPS) is 27.4. The summed E-state index contributed by atoms with van der Waals surface area (Å²) in [5.41, 5.74) is 2.19. The van der Waals surface area contributed by atoms with Gasteiger partial charge in [0.25, 0.3) is 0 Å². The van der Waals surface area contributed by atoms with Crippen LogP contribution in [0.2, 0.25) is 0 Å². The Kier molecular flexibility index (Phi) is 4.84. The molecule has 0 amide bonds. The first kappa shape index (κ1) is 19.3. The Labute approximate surface area is 177 Å². The molecule has 1 saturated heterocycles. The molecule has 1 aromatic heterocycles. The lowest BCUT2D eigenvalue weighted by molar-refractivity contribution is 0.288. The van der Waals surface area contributed by atoms with Gasteiger partial charge in [-0.1, -0.05) is 19.1 Å². The van der Waals surface area contributed by atoms with Crippen molar-refractivity contribution < 1.29 is 8.42 Å². The number of piperidine rings is 1. The Morgan fingerprint density at radius 2 is 1.93 bits per heavy atom. The van der Waals surface area contributed by atoms with E-state index in [9.17, 15) is 8.42 Å². The summed E-state index contributed by atoms with van der Waals surface area (Å²) < 4.78 is 28.2. The molecule has 1 aromatic carbocycles. The molecule has 4 nitrogen and oxygen atoms in total. The summed E-state index contributed by atoms with van der Waals surface area (Å²) >= 11 is 1.85. The molecule has 1 aliphatic carbocycles. The highest BCUT2D eigenvalue weighted by atomic mass is 32.2. The lowest BCUT2D eigenvalue weighted by atomic mass is 9.79. The zero-order chi connectivity index (χ0) is 20.2. The smallest absolute Gasteiger partial charge is 0.243 e. The highest BCUT2D eigenvalue weighted by molar-refractivity contribution is 7.89. The molecule has 1 N–H and O–H groups in total. The van der Waals surface area contributed by atoms with Crippen molar-refractivity contribution in [1.82, 2.24) is 4.31 Å². The summed E-state index contributed by atoms with van der Waals surface area (Å²) in [5.74, 6) is 1.32. The molecule has 2 aromatic rings. The van der Waals surface area contributed by atoms with Crippen LogP contribution in [-0.2, 0) is 10.0 Å². The van der Waals surface area contributed by atoms with Crippen molar-refractivity contribution in [2.75, 3.05) is 18.4 Å². The molecule has 6 heteroatoms. The van der Waals surface area contributed by atoms with Crippen molar-refractivity contribution in [2.24, 2.45) is 11.8 Å². The number of thiophene rings is 1. The fraction of sp³-hybridized carbons (Fsp3) is 0.478. The van der Waals surface area contributed by atoms with E-state index in [1.165, 1.54) is 9.75 Å². The van der Waals surface area contributed by atoms with Gasteiger partial charge in [0.05, 0.1) is 10.9 Å². The second kappa shape index (κ2) is 7.25. The maximum absolute atomic E-state index is 13.2. The van der Waals surface area contributed by atoms with E-state index in [0.29, 0.717) is 29.8 Å². The van der Waals surface area contributed by atoms with Crippen molar-refractivity contribution in [3.63, 3.8) is 0 Å². The summed E-state index contributed by atoms with van der Waals surface area (Å²) in [6.45, 7) is 5.61. The van der Waals surface area contributed by atoms with Crippen molar-refractivity contribution in [2.45, 2.75) is 50.0 Å². The molecule has 154 valence electrons. The molecule has 2 aliphatic heterocycles. The summed E-state index contributed by atoms with van der Waals surface area (Å²) in [6, 6.07) is 10.4. The van der Waals surface area contributed by atoms with E-state index in [2.05, 4.69) is 43.4 Å². The van der Waals surface area contributed by atoms with Crippen LogP contribution >= 0.6 is 11.3 Å². The lowest BCUT2D eigenvalue weighted by Gasteiger charge is -2.37. The molecule has 0 saturated carbocycles. The number of nitrogens with zero attached hydrogens (tertiary/aromatic N) is 1. The fourth-order valence-electron chi connectivity index (χ4n) is 5.01. The highest BCUT2D eigenvalue weighted by Gasteiger charge is 2.39. The number of anilines is 1. The molecule has 0 bridgehead atoms. The fourth-order valence-corrected chi connectivity index (χ4v) is 7.52. The van der Waals surface area contributed by atoms with Crippen LogP contribution in [0.4, 0.5) is 5.69 Å². The molecule has 3 atom stereocenters. The number of nitrogens with one attached hydrogen (secondary N) is 1. The van der Waals surface area contributed by atoms with E-state index in [4.69, 9.17) is 0 Å². The number of allylic oxidation sites excluding steroid dienone is 2. The lowest BCUT2D eigenvalue weighted by Crippen LogP contribution is -2.38. The Balaban J connectivity index is 1.49. The number of hydrogen-bond donors (Lipinski definition) is 1. The summed E-state index contributed by atoms with van der Waals surface area (Å²) in [5, 5.41) is 3.72. The number of hydrogen-bond acceptors (Lipinski definition) is 4. The van der Waals surface area contributed by atoms with E-state index in [1.807, 2.05) is 23.5 Å². The highest BCUT2D eigenvalue weighted by Crippen LogP contribution is 2.51. The van der Waals surface area contributed by atoms with E-state index in [-0.39, 0.29) is 12.0 Å². The number of aryl methyl sites for hydroxylation is 1.